The van der Waals surface area contributed by atoms with Crippen molar-refractivity contribution in [3.8, 4) is 5.69 Å². The molecule has 2 aliphatic rings. The van der Waals surface area contributed by atoms with Crippen molar-refractivity contribution in [2.24, 2.45) is 5.92 Å². The first-order valence-electron chi connectivity index (χ1n) is 11.3. The van der Waals surface area contributed by atoms with Gasteiger partial charge in [-0.05, 0) is 38.0 Å². The molecule has 11 heteroatoms. The predicted molar refractivity (Wildman–Crippen MR) is 128 cm³/mol. The zero-order valence-electron chi connectivity index (χ0n) is 18.6. The number of rotatable bonds is 5. The lowest BCUT2D eigenvalue weighted by Gasteiger charge is -2.31. The van der Waals surface area contributed by atoms with E-state index in [1.54, 1.807) is 33.2 Å². The van der Waals surface area contributed by atoms with Gasteiger partial charge in [0.2, 0.25) is 5.91 Å². The average Bonchev–Trinajstić information content (AvgIpc) is 3.44. The third-order valence-electron chi connectivity index (χ3n) is 6.30. The minimum absolute atomic E-state index is 0.0117. The van der Waals surface area contributed by atoms with Gasteiger partial charge in [-0.25, -0.2) is 9.67 Å². The van der Waals surface area contributed by atoms with Crippen molar-refractivity contribution in [1.29, 1.82) is 0 Å². The molecule has 0 saturated carbocycles. The number of amides is 1. The van der Waals surface area contributed by atoms with Crippen molar-refractivity contribution in [2.45, 2.75) is 37.4 Å². The van der Waals surface area contributed by atoms with E-state index in [9.17, 15) is 14.4 Å². The molecule has 0 spiro atoms. The number of nitrogens with zero attached hydrogens (tertiary/aromatic N) is 5. The van der Waals surface area contributed by atoms with Crippen LogP contribution in [-0.2, 0) is 14.3 Å². The molecule has 1 atom stereocenters. The predicted octanol–water partition coefficient (Wildman–Crippen LogP) is 3.07. The van der Waals surface area contributed by atoms with Gasteiger partial charge < -0.3 is 9.64 Å². The van der Waals surface area contributed by atoms with E-state index in [4.69, 9.17) is 21.3 Å². The molecular weight excluding hydrogens is 478 g/mol. The van der Waals surface area contributed by atoms with Crippen molar-refractivity contribution >= 4 is 46.3 Å². The number of halogens is 1. The fourth-order valence-electron chi connectivity index (χ4n) is 4.53. The van der Waals surface area contributed by atoms with Gasteiger partial charge >= 0.3 is 5.97 Å². The Morgan fingerprint density at radius 2 is 2.06 bits per heavy atom. The molecule has 0 aliphatic carbocycles. The van der Waals surface area contributed by atoms with Crippen LogP contribution in [-0.4, -0.2) is 61.6 Å². The number of esters is 1. The van der Waals surface area contributed by atoms with Crippen LogP contribution in [0.3, 0.4) is 0 Å². The number of likely N-dealkylation sites (tertiary alicyclic amines) is 1. The first-order valence-corrected chi connectivity index (χ1v) is 12.7. The standard InChI is InChI=1S/C23H24ClN5O4S/c1-2-33-22(32)14-6-8-27(9-7-14)19(30)11-17-13-34-23-26-20-18(21(31)28(17)23)12-25-29(20)16-5-3-4-15(24)10-16/h3-5,10,12,14,17H,2,6-9,11,13H2,1H3. The van der Waals surface area contributed by atoms with E-state index >= 15 is 0 Å². The molecule has 178 valence electrons. The molecule has 9 nitrogen and oxygen atoms in total. The second-order valence-electron chi connectivity index (χ2n) is 8.42. The Balaban J connectivity index is 1.34. The molecule has 1 unspecified atom stereocenters. The number of aromatic nitrogens is 4. The lowest BCUT2D eigenvalue weighted by molar-refractivity contribution is -0.151. The van der Waals surface area contributed by atoms with Crippen LogP contribution in [0, 0.1) is 5.92 Å². The molecule has 0 bridgehead atoms. The van der Waals surface area contributed by atoms with Crippen LogP contribution in [0.2, 0.25) is 5.02 Å². The number of carbonyl (C=O) groups is 2. The van der Waals surface area contributed by atoms with Gasteiger partial charge in [-0.15, -0.1) is 0 Å². The van der Waals surface area contributed by atoms with Gasteiger partial charge in [-0.3, -0.25) is 19.0 Å². The second-order valence-corrected chi connectivity index (χ2v) is 9.84. The van der Waals surface area contributed by atoms with Crippen LogP contribution in [0.15, 0.2) is 40.4 Å². The Kier molecular flexibility index (Phi) is 6.35. The molecule has 1 amide bonds. The summed E-state index contributed by atoms with van der Waals surface area (Å²) >= 11 is 7.58. The Morgan fingerprint density at radius 1 is 1.26 bits per heavy atom. The normalized spacial score (nSPS) is 18.3. The lowest BCUT2D eigenvalue weighted by atomic mass is 9.96. The summed E-state index contributed by atoms with van der Waals surface area (Å²) in [6, 6.07) is 6.93. The highest BCUT2D eigenvalue weighted by atomic mass is 35.5. The van der Waals surface area contributed by atoms with Crippen LogP contribution < -0.4 is 5.56 Å². The number of fused-ring (bicyclic) bond motifs is 2. The van der Waals surface area contributed by atoms with Gasteiger partial charge in [0.05, 0.1) is 30.5 Å². The van der Waals surface area contributed by atoms with Gasteiger partial charge in [0.15, 0.2) is 10.8 Å². The van der Waals surface area contributed by atoms with E-state index in [1.165, 1.54) is 18.0 Å². The minimum Gasteiger partial charge on any atom is -0.466 e. The van der Waals surface area contributed by atoms with E-state index in [2.05, 4.69) is 5.10 Å². The van der Waals surface area contributed by atoms with Crippen LogP contribution in [0.25, 0.3) is 16.7 Å². The van der Waals surface area contributed by atoms with E-state index in [-0.39, 0.29) is 35.8 Å². The first-order chi connectivity index (χ1) is 16.5. The molecule has 2 aromatic heterocycles. The molecule has 0 N–H and O–H groups in total. The van der Waals surface area contributed by atoms with Crippen LogP contribution in [0.1, 0.15) is 32.2 Å². The van der Waals surface area contributed by atoms with Gasteiger partial charge in [-0.2, -0.15) is 5.10 Å². The number of ether oxygens (including phenoxy) is 1. The molecule has 1 fully saturated rings. The van der Waals surface area contributed by atoms with E-state index < -0.39 is 0 Å². The summed E-state index contributed by atoms with van der Waals surface area (Å²) in [5.74, 6) is 0.255. The summed E-state index contributed by atoms with van der Waals surface area (Å²) < 4.78 is 8.34. The molecule has 5 rings (SSSR count). The number of benzene rings is 1. The summed E-state index contributed by atoms with van der Waals surface area (Å²) in [7, 11) is 0. The topological polar surface area (TPSA) is 99.3 Å². The van der Waals surface area contributed by atoms with Crippen molar-refractivity contribution < 1.29 is 14.3 Å². The zero-order chi connectivity index (χ0) is 23.8. The smallest absolute Gasteiger partial charge is 0.309 e. The maximum atomic E-state index is 13.3. The van der Waals surface area contributed by atoms with Crippen LogP contribution in [0.5, 0.6) is 0 Å². The molecule has 1 saturated heterocycles. The minimum atomic E-state index is -0.269. The van der Waals surface area contributed by atoms with Crippen molar-refractivity contribution in [1.82, 2.24) is 24.2 Å². The third kappa shape index (κ3) is 4.20. The first kappa shape index (κ1) is 22.9. The van der Waals surface area contributed by atoms with Gasteiger partial charge in [0, 0.05) is 30.3 Å². The summed E-state index contributed by atoms with van der Waals surface area (Å²) in [6.07, 6.45) is 2.94. The Hall–Kier alpha value is -2.85. The highest BCUT2D eigenvalue weighted by Crippen LogP contribution is 2.34. The monoisotopic (exact) mass is 501 g/mol. The summed E-state index contributed by atoms with van der Waals surface area (Å²) in [5, 5.41) is 5.92. The molecule has 34 heavy (non-hydrogen) atoms. The Morgan fingerprint density at radius 3 is 2.79 bits per heavy atom. The van der Waals surface area contributed by atoms with Gasteiger partial charge in [0.1, 0.15) is 5.39 Å². The molecule has 3 aromatic rings. The number of piperidine rings is 1. The van der Waals surface area contributed by atoms with Gasteiger partial charge in [0.25, 0.3) is 5.56 Å². The lowest BCUT2D eigenvalue weighted by Crippen LogP contribution is -2.41. The summed E-state index contributed by atoms with van der Waals surface area (Å²) in [4.78, 5) is 44.8. The fourth-order valence-corrected chi connectivity index (χ4v) is 5.85. The average molecular weight is 502 g/mol. The van der Waals surface area contributed by atoms with Gasteiger partial charge in [-0.1, -0.05) is 29.4 Å². The van der Waals surface area contributed by atoms with E-state index in [0.29, 0.717) is 59.5 Å². The molecule has 1 aromatic carbocycles. The molecule has 0 radical (unpaired) electrons. The van der Waals surface area contributed by atoms with E-state index in [1.807, 2.05) is 12.1 Å². The van der Waals surface area contributed by atoms with Crippen LogP contribution in [0.4, 0.5) is 0 Å². The highest BCUT2D eigenvalue weighted by molar-refractivity contribution is 7.99. The quantitative estimate of drug-likeness (QED) is 0.391. The highest BCUT2D eigenvalue weighted by Gasteiger charge is 2.33. The van der Waals surface area contributed by atoms with Crippen molar-refractivity contribution in [3.63, 3.8) is 0 Å². The largest absolute Gasteiger partial charge is 0.466 e. The maximum Gasteiger partial charge on any atom is 0.309 e. The molecule has 2 aliphatic heterocycles. The number of carbonyl (C=O) groups excluding carboxylic acids is 2. The van der Waals surface area contributed by atoms with Crippen LogP contribution >= 0.6 is 23.4 Å². The second kappa shape index (κ2) is 9.42. The van der Waals surface area contributed by atoms with E-state index in [0.717, 1.165) is 5.69 Å². The maximum absolute atomic E-state index is 13.3. The fraction of sp³-hybridized carbons (Fsp3) is 0.435. The molecular formula is C23H24ClN5O4S. The Labute approximate surface area is 205 Å². The summed E-state index contributed by atoms with van der Waals surface area (Å²) in [6.45, 7) is 3.20. The van der Waals surface area contributed by atoms with Crippen molar-refractivity contribution in [2.75, 3.05) is 25.4 Å². The number of thioether (sulfide) groups is 1. The number of hydrogen-bond donors (Lipinski definition) is 0. The third-order valence-corrected chi connectivity index (χ3v) is 7.63. The zero-order valence-corrected chi connectivity index (χ0v) is 20.2. The SMILES string of the molecule is CCOC(=O)C1CCN(C(=O)CC2CSc3nc4c(cnn4-c4cccc(Cl)c4)c(=O)n32)CC1. The molecule has 4 heterocycles. The summed E-state index contributed by atoms with van der Waals surface area (Å²) in [5.41, 5.74) is 0.997. The van der Waals surface area contributed by atoms with Crippen molar-refractivity contribution in [3.05, 3.63) is 45.8 Å². The number of hydrogen-bond acceptors (Lipinski definition) is 7. The Bertz CT molecular complexity index is 1310.